The van der Waals surface area contributed by atoms with Gasteiger partial charge < -0.3 is 25.1 Å². The van der Waals surface area contributed by atoms with Gasteiger partial charge in [-0.15, -0.1) is 24.0 Å². The second-order valence-electron chi connectivity index (χ2n) is 7.51. The molecule has 30 heavy (non-hydrogen) atoms. The van der Waals surface area contributed by atoms with E-state index < -0.39 is 0 Å². The lowest BCUT2D eigenvalue weighted by atomic mass is 10.2. The van der Waals surface area contributed by atoms with Crippen LogP contribution in [-0.2, 0) is 6.54 Å². The van der Waals surface area contributed by atoms with Crippen molar-refractivity contribution in [2.45, 2.75) is 13.0 Å². The van der Waals surface area contributed by atoms with Gasteiger partial charge in [-0.3, -0.25) is 4.99 Å². The van der Waals surface area contributed by atoms with Crippen molar-refractivity contribution in [3.8, 4) is 5.75 Å². The largest absolute Gasteiger partial charge is 0.506 e. The topological polar surface area (TPSA) is 54.3 Å². The van der Waals surface area contributed by atoms with Gasteiger partial charge in [0.2, 0.25) is 0 Å². The van der Waals surface area contributed by atoms with Gasteiger partial charge in [-0.2, -0.15) is 0 Å². The minimum absolute atomic E-state index is 0. The highest BCUT2D eigenvalue weighted by Gasteiger charge is 2.21. The van der Waals surface area contributed by atoms with Crippen LogP contribution in [0, 0.1) is 0 Å². The molecule has 6 nitrogen and oxygen atoms in total. The van der Waals surface area contributed by atoms with Crippen LogP contribution in [0.3, 0.4) is 0 Å². The molecule has 0 radical (unpaired) electrons. The molecule has 0 bridgehead atoms. The smallest absolute Gasteiger partial charge is 0.193 e. The summed E-state index contributed by atoms with van der Waals surface area (Å²) in [5, 5.41) is 13.6. The number of aromatic hydroxyl groups is 1. The third kappa shape index (κ3) is 7.05. The molecule has 7 heteroatoms. The van der Waals surface area contributed by atoms with Crippen molar-refractivity contribution in [2.24, 2.45) is 4.99 Å². The number of anilines is 1. The molecule has 2 aromatic rings. The molecule has 2 N–H and O–H groups in total. The highest BCUT2D eigenvalue weighted by molar-refractivity contribution is 14.0. The van der Waals surface area contributed by atoms with Crippen LogP contribution < -0.4 is 10.2 Å². The average molecular weight is 523 g/mol. The second-order valence-corrected chi connectivity index (χ2v) is 7.51. The molecule has 0 amide bonds. The summed E-state index contributed by atoms with van der Waals surface area (Å²) in [7, 11) is 4.01. The van der Waals surface area contributed by atoms with Gasteiger partial charge in [-0.05, 0) is 37.7 Å². The zero-order valence-electron chi connectivity index (χ0n) is 18.0. The summed E-state index contributed by atoms with van der Waals surface area (Å²) < 4.78 is 0. The summed E-state index contributed by atoms with van der Waals surface area (Å²) in [6.07, 6.45) is 1.07. The van der Waals surface area contributed by atoms with Gasteiger partial charge in [-0.25, -0.2) is 0 Å². The summed E-state index contributed by atoms with van der Waals surface area (Å²) >= 11 is 0. The maximum Gasteiger partial charge on any atom is 0.193 e. The molecule has 0 aliphatic carbocycles. The first kappa shape index (κ1) is 24.3. The fourth-order valence-electron chi connectivity index (χ4n) is 3.75. The second kappa shape index (κ2) is 12.6. The van der Waals surface area contributed by atoms with E-state index in [2.05, 4.69) is 62.4 Å². The number of hydrogen-bond acceptors (Lipinski definition) is 4. The summed E-state index contributed by atoms with van der Waals surface area (Å²) in [6, 6.07) is 18.1. The highest BCUT2D eigenvalue weighted by Crippen LogP contribution is 2.27. The quantitative estimate of drug-likeness (QED) is 0.253. The van der Waals surface area contributed by atoms with Gasteiger partial charge in [0, 0.05) is 46.3 Å². The highest BCUT2D eigenvalue weighted by atomic mass is 127. The van der Waals surface area contributed by atoms with Crippen LogP contribution in [-0.4, -0.2) is 74.2 Å². The Morgan fingerprint density at radius 1 is 1.03 bits per heavy atom. The fraction of sp³-hybridized carbons (Fsp3) is 0.435. The van der Waals surface area contributed by atoms with E-state index in [0.29, 0.717) is 5.75 Å². The van der Waals surface area contributed by atoms with Crippen LogP contribution in [0.5, 0.6) is 5.75 Å². The van der Waals surface area contributed by atoms with E-state index in [0.717, 1.165) is 63.9 Å². The number of phenolic OH excluding ortho intramolecular Hbond substituents is 1. The lowest BCUT2D eigenvalue weighted by Crippen LogP contribution is -2.52. The number of halogens is 1. The molecule has 0 atom stereocenters. The molecular formula is C23H34IN5O. The predicted octanol–water partition coefficient (Wildman–Crippen LogP) is 3.23. The van der Waals surface area contributed by atoms with Crippen molar-refractivity contribution in [3.05, 3.63) is 60.2 Å². The van der Waals surface area contributed by atoms with Gasteiger partial charge in [0.15, 0.2) is 5.96 Å². The van der Waals surface area contributed by atoms with E-state index in [1.807, 2.05) is 25.2 Å². The van der Waals surface area contributed by atoms with Crippen molar-refractivity contribution < 1.29 is 5.11 Å². The maximum absolute atomic E-state index is 10.1. The van der Waals surface area contributed by atoms with Crippen molar-refractivity contribution in [1.82, 2.24) is 15.1 Å². The van der Waals surface area contributed by atoms with Crippen molar-refractivity contribution in [3.63, 3.8) is 0 Å². The van der Waals surface area contributed by atoms with Crippen molar-refractivity contribution in [2.75, 3.05) is 58.3 Å². The SMILES string of the molecule is CN=C(NCCCN(C)Cc1ccccc1)N1CCN(c2ccccc2O)CC1.I. The molecule has 0 spiro atoms. The molecule has 0 unspecified atom stereocenters. The molecule has 0 aromatic heterocycles. The third-order valence-electron chi connectivity index (χ3n) is 5.31. The average Bonchev–Trinajstić information content (AvgIpc) is 2.75. The van der Waals surface area contributed by atoms with Crippen LogP contribution in [0.4, 0.5) is 5.69 Å². The maximum atomic E-state index is 10.1. The molecule has 1 aliphatic rings. The van der Waals surface area contributed by atoms with Gasteiger partial charge in [-0.1, -0.05) is 42.5 Å². The minimum atomic E-state index is 0. The van der Waals surface area contributed by atoms with E-state index in [1.54, 1.807) is 6.07 Å². The monoisotopic (exact) mass is 523 g/mol. The van der Waals surface area contributed by atoms with Gasteiger partial charge in [0.25, 0.3) is 0 Å². The third-order valence-corrected chi connectivity index (χ3v) is 5.31. The lowest BCUT2D eigenvalue weighted by molar-refractivity contribution is 0.319. The molecule has 2 aromatic carbocycles. The number of phenols is 1. The van der Waals surface area contributed by atoms with E-state index in [9.17, 15) is 5.11 Å². The van der Waals surface area contributed by atoms with Crippen LogP contribution in [0.2, 0.25) is 0 Å². The van der Waals surface area contributed by atoms with E-state index in [1.165, 1.54) is 5.56 Å². The molecular weight excluding hydrogens is 489 g/mol. The Bertz CT molecular complexity index is 778. The van der Waals surface area contributed by atoms with Gasteiger partial charge in [0.05, 0.1) is 5.69 Å². The molecule has 1 heterocycles. The summed E-state index contributed by atoms with van der Waals surface area (Å²) in [4.78, 5) is 11.3. The standard InChI is InChI=1S/C23H33N5O.HI/c1-24-23(25-13-8-14-26(2)19-20-9-4-3-5-10-20)28-17-15-27(16-18-28)21-11-6-7-12-22(21)29;/h3-7,9-12,29H,8,13-19H2,1-2H3,(H,24,25);1H. The Balaban J connectivity index is 0.00000320. The van der Waals surface area contributed by atoms with Crippen LogP contribution >= 0.6 is 24.0 Å². The Kier molecular flexibility index (Phi) is 10.2. The van der Waals surface area contributed by atoms with Crippen LogP contribution in [0.15, 0.2) is 59.6 Å². The summed E-state index contributed by atoms with van der Waals surface area (Å²) in [5.74, 6) is 1.32. The van der Waals surface area contributed by atoms with Gasteiger partial charge >= 0.3 is 0 Å². The minimum Gasteiger partial charge on any atom is -0.506 e. The first-order valence-corrected chi connectivity index (χ1v) is 10.4. The molecule has 164 valence electrons. The van der Waals surface area contributed by atoms with Crippen LogP contribution in [0.25, 0.3) is 0 Å². The number of benzene rings is 2. The van der Waals surface area contributed by atoms with E-state index in [4.69, 9.17) is 0 Å². The van der Waals surface area contributed by atoms with E-state index >= 15 is 0 Å². The Hall–Kier alpha value is -2.00. The molecule has 0 saturated carbocycles. The Morgan fingerprint density at radius 3 is 2.37 bits per heavy atom. The molecule has 1 fully saturated rings. The van der Waals surface area contributed by atoms with Crippen molar-refractivity contribution >= 4 is 35.6 Å². The van der Waals surface area contributed by atoms with E-state index in [-0.39, 0.29) is 24.0 Å². The number of guanidine groups is 1. The molecule has 3 rings (SSSR count). The number of piperazine rings is 1. The normalized spacial score (nSPS) is 14.6. The zero-order valence-corrected chi connectivity index (χ0v) is 20.3. The first-order valence-electron chi connectivity index (χ1n) is 10.4. The number of nitrogens with zero attached hydrogens (tertiary/aromatic N) is 4. The first-order chi connectivity index (χ1) is 14.2. The summed E-state index contributed by atoms with van der Waals surface area (Å²) in [6.45, 7) is 6.45. The number of aliphatic imine (C=N–C) groups is 1. The van der Waals surface area contributed by atoms with Crippen LogP contribution in [0.1, 0.15) is 12.0 Å². The number of para-hydroxylation sites is 2. The van der Waals surface area contributed by atoms with Crippen molar-refractivity contribution in [1.29, 1.82) is 0 Å². The number of nitrogens with one attached hydrogen (secondary N) is 1. The van der Waals surface area contributed by atoms with Gasteiger partial charge in [0.1, 0.15) is 5.75 Å². The zero-order chi connectivity index (χ0) is 20.5. The molecule has 1 saturated heterocycles. The number of hydrogen-bond donors (Lipinski definition) is 2. The molecule has 1 aliphatic heterocycles. The lowest BCUT2D eigenvalue weighted by Gasteiger charge is -2.37. The Morgan fingerprint density at radius 2 is 1.70 bits per heavy atom. The fourth-order valence-corrected chi connectivity index (χ4v) is 3.75. The predicted molar refractivity (Wildman–Crippen MR) is 136 cm³/mol. The number of rotatable bonds is 7. The Labute approximate surface area is 197 Å². The summed E-state index contributed by atoms with van der Waals surface area (Å²) in [5.41, 5.74) is 2.26.